The van der Waals surface area contributed by atoms with Gasteiger partial charge in [0.25, 0.3) is 0 Å². The van der Waals surface area contributed by atoms with Gasteiger partial charge in [0.05, 0.1) is 6.04 Å². The van der Waals surface area contributed by atoms with Crippen molar-refractivity contribution in [3.05, 3.63) is 12.3 Å². The summed E-state index contributed by atoms with van der Waals surface area (Å²) in [6.07, 6.45) is 11.2. The van der Waals surface area contributed by atoms with Crippen molar-refractivity contribution in [2.45, 2.75) is 50.7 Å². The third-order valence-electron chi connectivity index (χ3n) is 2.85. The van der Waals surface area contributed by atoms with Crippen LogP contribution in [0, 0.1) is 0 Å². The van der Waals surface area contributed by atoms with Gasteiger partial charge in [-0.05, 0) is 32.1 Å². The maximum atomic E-state index is 5.89. The zero-order chi connectivity index (χ0) is 9.80. The maximum absolute atomic E-state index is 5.89. The molecule has 0 aromatic rings. The zero-order valence-corrected chi connectivity index (χ0v) is 8.48. The van der Waals surface area contributed by atoms with E-state index in [1.165, 1.54) is 19.3 Å². The van der Waals surface area contributed by atoms with Gasteiger partial charge < -0.3 is 10.5 Å². The van der Waals surface area contributed by atoms with Crippen LogP contribution < -0.4 is 5.73 Å². The molecule has 0 saturated heterocycles. The first-order valence-corrected chi connectivity index (χ1v) is 5.51. The Morgan fingerprint density at radius 3 is 2.79 bits per heavy atom. The summed E-state index contributed by atoms with van der Waals surface area (Å²) >= 11 is 0. The molecule has 0 bridgehead atoms. The molecule has 1 unspecified atom stereocenters. The minimum atomic E-state index is -0.0260. The molecule has 0 radical (unpaired) electrons. The van der Waals surface area contributed by atoms with Gasteiger partial charge in [0.2, 0.25) is 5.90 Å². The Morgan fingerprint density at radius 1 is 1.29 bits per heavy atom. The van der Waals surface area contributed by atoms with Crippen molar-refractivity contribution >= 4 is 5.90 Å². The number of nitrogens with two attached hydrogens (primary N) is 1. The van der Waals surface area contributed by atoms with Crippen LogP contribution in [0.5, 0.6) is 0 Å². The maximum Gasteiger partial charge on any atom is 0.205 e. The summed E-state index contributed by atoms with van der Waals surface area (Å²) in [6.45, 7) is 0. The predicted molar refractivity (Wildman–Crippen MR) is 57.1 cm³/mol. The molecule has 1 heterocycles. The molecule has 3 heteroatoms. The zero-order valence-electron chi connectivity index (χ0n) is 8.48. The van der Waals surface area contributed by atoms with Crippen LogP contribution in [0.2, 0.25) is 0 Å². The van der Waals surface area contributed by atoms with E-state index in [0.29, 0.717) is 6.10 Å². The fourth-order valence-corrected chi connectivity index (χ4v) is 2.00. The van der Waals surface area contributed by atoms with Gasteiger partial charge in [-0.15, -0.1) is 0 Å². The Labute approximate surface area is 85.0 Å². The second-order valence-electron chi connectivity index (χ2n) is 4.07. The highest BCUT2D eigenvalue weighted by atomic mass is 16.5. The third kappa shape index (κ3) is 2.35. The van der Waals surface area contributed by atoms with E-state index >= 15 is 0 Å². The molecule has 1 atom stereocenters. The fourth-order valence-electron chi connectivity index (χ4n) is 2.00. The first-order valence-electron chi connectivity index (χ1n) is 5.51. The minimum absolute atomic E-state index is 0.0260. The van der Waals surface area contributed by atoms with Crippen LogP contribution in [0.3, 0.4) is 0 Å². The molecule has 0 spiro atoms. The van der Waals surface area contributed by atoms with E-state index in [0.717, 1.165) is 25.2 Å². The average Bonchev–Trinajstić information content (AvgIpc) is 2.23. The van der Waals surface area contributed by atoms with Gasteiger partial charge in [-0.1, -0.05) is 12.5 Å². The Balaban J connectivity index is 1.88. The summed E-state index contributed by atoms with van der Waals surface area (Å²) in [5.41, 5.74) is 5.89. The summed E-state index contributed by atoms with van der Waals surface area (Å²) < 4.78 is 5.82. The standard InChI is InChI=1S/C11H18N2O/c12-10-7-4-8-13-11(10)14-9-5-2-1-3-6-9/h4,8-10H,1-3,5-7,12H2. The molecule has 1 aliphatic heterocycles. The molecule has 78 valence electrons. The number of nitrogens with zero attached hydrogens (tertiary/aromatic N) is 1. The van der Waals surface area contributed by atoms with Gasteiger partial charge in [0, 0.05) is 6.20 Å². The first-order chi connectivity index (χ1) is 6.86. The largest absolute Gasteiger partial charge is 0.476 e. The van der Waals surface area contributed by atoms with E-state index in [1.807, 2.05) is 6.08 Å². The van der Waals surface area contributed by atoms with Gasteiger partial charge >= 0.3 is 0 Å². The second-order valence-corrected chi connectivity index (χ2v) is 4.07. The monoisotopic (exact) mass is 194 g/mol. The molecule has 2 aliphatic rings. The molecule has 1 fully saturated rings. The number of hydrogen-bond donors (Lipinski definition) is 1. The Morgan fingerprint density at radius 2 is 2.07 bits per heavy atom. The van der Waals surface area contributed by atoms with Gasteiger partial charge in [0.1, 0.15) is 6.10 Å². The molecule has 0 amide bonds. The highest BCUT2D eigenvalue weighted by Crippen LogP contribution is 2.21. The van der Waals surface area contributed by atoms with Gasteiger partial charge in [-0.2, -0.15) is 0 Å². The van der Waals surface area contributed by atoms with Crippen molar-refractivity contribution in [3.8, 4) is 0 Å². The highest BCUT2D eigenvalue weighted by Gasteiger charge is 2.20. The molecule has 1 saturated carbocycles. The van der Waals surface area contributed by atoms with Crippen molar-refractivity contribution in [2.75, 3.05) is 0 Å². The van der Waals surface area contributed by atoms with Crippen LogP contribution in [-0.4, -0.2) is 18.0 Å². The fraction of sp³-hybridized carbons (Fsp3) is 0.727. The van der Waals surface area contributed by atoms with Gasteiger partial charge in [0.15, 0.2) is 0 Å². The minimum Gasteiger partial charge on any atom is -0.476 e. The smallest absolute Gasteiger partial charge is 0.205 e. The molecule has 0 aromatic heterocycles. The summed E-state index contributed by atoms with van der Waals surface area (Å²) in [7, 11) is 0. The van der Waals surface area contributed by atoms with Crippen LogP contribution >= 0.6 is 0 Å². The normalized spacial score (nSPS) is 28.6. The average molecular weight is 194 g/mol. The number of aliphatic imine (C=N–C) groups is 1. The van der Waals surface area contributed by atoms with Gasteiger partial charge in [-0.3, -0.25) is 0 Å². The van der Waals surface area contributed by atoms with Gasteiger partial charge in [-0.25, -0.2) is 4.99 Å². The van der Waals surface area contributed by atoms with Crippen LogP contribution in [0.25, 0.3) is 0 Å². The van der Waals surface area contributed by atoms with Crippen LogP contribution in [-0.2, 0) is 4.74 Å². The second kappa shape index (κ2) is 4.60. The molecule has 1 aliphatic carbocycles. The SMILES string of the molecule is NC1CC=CN=C1OC1CCCCC1. The van der Waals surface area contributed by atoms with Crippen LogP contribution in [0.4, 0.5) is 0 Å². The van der Waals surface area contributed by atoms with Crippen molar-refractivity contribution in [2.24, 2.45) is 10.7 Å². The van der Waals surface area contributed by atoms with E-state index in [1.54, 1.807) is 6.20 Å². The van der Waals surface area contributed by atoms with Crippen molar-refractivity contribution in [1.82, 2.24) is 0 Å². The number of hydrogen-bond acceptors (Lipinski definition) is 3. The first kappa shape index (κ1) is 9.71. The van der Waals surface area contributed by atoms with E-state index in [-0.39, 0.29) is 6.04 Å². The lowest BCUT2D eigenvalue weighted by Crippen LogP contribution is -2.36. The van der Waals surface area contributed by atoms with Crippen LogP contribution in [0.15, 0.2) is 17.3 Å². The lowest BCUT2D eigenvalue weighted by molar-refractivity contribution is 0.136. The summed E-state index contributed by atoms with van der Waals surface area (Å²) in [5.74, 6) is 0.736. The third-order valence-corrected chi connectivity index (χ3v) is 2.85. The van der Waals surface area contributed by atoms with E-state index in [4.69, 9.17) is 10.5 Å². The topological polar surface area (TPSA) is 47.6 Å². The van der Waals surface area contributed by atoms with E-state index in [9.17, 15) is 0 Å². The van der Waals surface area contributed by atoms with E-state index < -0.39 is 0 Å². The van der Waals surface area contributed by atoms with Crippen molar-refractivity contribution < 1.29 is 4.74 Å². The van der Waals surface area contributed by atoms with Crippen LogP contribution in [0.1, 0.15) is 38.5 Å². The summed E-state index contributed by atoms with van der Waals surface area (Å²) in [6, 6.07) is -0.0260. The molecule has 2 rings (SSSR count). The number of ether oxygens (including phenoxy) is 1. The summed E-state index contributed by atoms with van der Waals surface area (Å²) in [5, 5.41) is 0. The quantitative estimate of drug-likeness (QED) is 0.693. The Bertz CT molecular complexity index is 242. The molecule has 3 nitrogen and oxygen atoms in total. The van der Waals surface area contributed by atoms with Crippen molar-refractivity contribution in [3.63, 3.8) is 0 Å². The molecule has 0 aromatic carbocycles. The Kier molecular flexibility index (Phi) is 3.19. The lowest BCUT2D eigenvalue weighted by atomic mass is 9.97. The lowest BCUT2D eigenvalue weighted by Gasteiger charge is -2.26. The Hall–Kier alpha value is -0.830. The molecule has 2 N–H and O–H groups in total. The molecular weight excluding hydrogens is 176 g/mol. The number of rotatable bonds is 1. The highest BCUT2D eigenvalue weighted by molar-refractivity contribution is 5.83. The summed E-state index contributed by atoms with van der Waals surface area (Å²) in [4.78, 5) is 4.19. The van der Waals surface area contributed by atoms with E-state index in [2.05, 4.69) is 4.99 Å². The molecule has 14 heavy (non-hydrogen) atoms. The predicted octanol–water partition coefficient (Wildman–Crippen LogP) is 1.98. The molecular formula is C11H18N2O. The van der Waals surface area contributed by atoms with Crippen molar-refractivity contribution in [1.29, 1.82) is 0 Å².